The molecular formula is C87H136O17P2. The summed E-state index contributed by atoms with van der Waals surface area (Å²) in [7, 11) is -10.0. The lowest BCUT2D eigenvalue weighted by atomic mass is 10.1. The van der Waals surface area contributed by atoms with E-state index in [0.29, 0.717) is 38.5 Å². The Bertz CT molecular complexity index is 2830. The number of carbonyl (C=O) groups excluding carboxylic acids is 4. The van der Waals surface area contributed by atoms with Crippen molar-refractivity contribution in [2.75, 3.05) is 39.6 Å². The molecule has 0 aromatic rings. The summed E-state index contributed by atoms with van der Waals surface area (Å²) in [6, 6.07) is 0. The van der Waals surface area contributed by atoms with Gasteiger partial charge in [0.1, 0.15) is 19.3 Å². The van der Waals surface area contributed by atoms with Gasteiger partial charge in [0.05, 0.1) is 26.4 Å². The van der Waals surface area contributed by atoms with Gasteiger partial charge in [0, 0.05) is 25.7 Å². The summed E-state index contributed by atoms with van der Waals surface area (Å²) in [6.45, 7) is 4.24. The summed E-state index contributed by atoms with van der Waals surface area (Å²) < 4.78 is 68.3. The van der Waals surface area contributed by atoms with Crippen LogP contribution in [0.1, 0.15) is 259 Å². The molecule has 0 aliphatic heterocycles. The highest BCUT2D eigenvalue weighted by Crippen LogP contribution is 2.45. The molecule has 0 aliphatic carbocycles. The Morgan fingerprint density at radius 3 is 0.802 bits per heavy atom. The van der Waals surface area contributed by atoms with E-state index in [1.165, 1.54) is 6.42 Å². The standard InChI is InChI=1S/C87H136O17P2/c1-5-9-13-17-21-25-29-32-35-38-40-43-45-48-52-55-59-63-67-71-84(89)97-77-82(103-86(91)73-69-65-61-57-51-28-24-20-16-12-8-4)79-101-105(93,94)99-75-81(88)76-100-106(95,96)102-80-83(104-87(92)74-70-66-62-58-54-50-47-42-37-34-31-27-23-19-15-11-7-3)78-98-85(90)72-68-64-60-56-53-49-46-44-41-39-36-33-30-26-22-18-14-10-6-2/h9-11,13-15,20-27,32-37,40-41,43-44,47-50,52-53,59-60,63-64,81-83,88H,5-8,12,16-19,28-31,38-39,42,45-46,51,54-58,61-62,65-80H2,1-4H3,(H,93,94)(H,95,96)/b13-9-,14-10-,15-11-,24-20-,25-21-,26-22-,27-23-,35-32-,36-33-,37-34-,43-40-,44-41-,50-47-,52-48-,53-49-,63-59-,64-60-. The van der Waals surface area contributed by atoms with Crippen molar-refractivity contribution in [2.45, 2.75) is 277 Å². The van der Waals surface area contributed by atoms with Gasteiger partial charge in [-0.2, -0.15) is 0 Å². The Labute approximate surface area is 639 Å². The molecule has 596 valence electrons. The van der Waals surface area contributed by atoms with E-state index >= 15 is 0 Å². The molecule has 0 spiro atoms. The largest absolute Gasteiger partial charge is 0.472 e. The van der Waals surface area contributed by atoms with E-state index in [-0.39, 0.29) is 25.7 Å². The van der Waals surface area contributed by atoms with Crippen LogP contribution in [0.15, 0.2) is 207 Å². The molecule has 0 radical (unpaired) electrons. The number of aliphatic hydroxyl groups excluding tert-OH is 1. The van der Waals surface area contributed by atoms with E-state index in [2.05, 4.69) is 198 Å². The van der Waals surface area contributed by atoms with Gasteiger partial charge >= 0.3 is 39.5 Å². The number of phosphoric acid groups is 2. The number of rotatable bonds is 71. The minimum atomic E-state index is -5.02. The van der Waals surface area contributed by atoms with Crippen LogP contribution in [-0.4, -0.2) is 96.7 Å². The molecule has 0 aliphatic rings. The second-order valence-corrected chi connectivity index (χ2v) is 28.1. The Balaban J connectivity index is 5.51. The van der Waals surface area contributed by atoms with Gasteiger partial charge in [-0.15, -0.1) is 0 Å². The molecular weight excluding hydrogens is 1380 g/mol. The fraction of sp³-hybridized carbons (Fsp3) is 0.563. The molecule has 5 atom stereocenters. The molecule has 0 saturated carbocycles. The zero-order valence-corrected chi connectivity index (χ0v) is 66.8. The number of esters is 4. The molecule has 0 bridgehead atoms. The van der Waals surface area contributed by atoms with Crippen molar-refractivity contribution < 1.29 is 80.2 Å². The maximum absolute atomic E-state index is 13.1. The van der Waals surface area contributed by atoms with Crippen LogP contribution in [0.4, 0.5) is 0 Å². The summed E-state index contributed by atoms with van der Waals surface area (Å²) >= 11 is 0. The number of hydrogen-bond acceptors (Lipinski definition) is 15. The van der Waals surface area contributed by atoms with Crippen LogP contribution in [0.2, 0.25) is 0 Å². The monoisotopic (exact) mass is 1510 g/mol. The van der Waals surface area contributed by atoms with Crippen LogP contribution in [0.5, 0.6) is 0 Å². The fourth-order valence-electron chi connectivity index (χ4n) is 9.36. The van der Waals surface area contributed by atoms with Crippen molar-refractivity contribution in [1.29, 1.82) is 0 Å². The van der Waals surface area contributed by atoms with Gasteiger partial charge in [-0.1, -0.05) is 279 Å². The number of allylic oxidation sites excluding steroid dienone is 34. The lowest BCUT2D eigenvalue weighted by Gasteiger charge is -2.21. The first-order chi connectivity index (χ1) is 51.7. The fourth-order valence-corrected chi connectivity index (χ4v) is 10.9. The minimum absolute atomic E-state index is 0.0203. The first kappa shape index (κ1) is 99.6. The molecule has 0 fully saturated rings. The molecule has 5 unspecified atom stereocenters. The number of unbranched alkanes of at least 4 members (excludes halogenated alkanes) is 11. The Kier molecular flexibility index (Phi) is 72.2. The maximum atomic E-state index is 13.1. The van der Waals surface area contributed by atoms with Gasteiger partial charge in [0.25, 0.3) is 0 Å². The Morgan fingerprint density at radius 2 is 0.509 bits per heavy atom. The van der Waals surface area contributed by atoms with Gasteiger partial charge in [0.15, 0.2) is 12.2 Å². The zero-order chi connectivity index (χ0) is 77.4. The van der Waals surface area contributed by atoms with E-state index in [9.17, 15) is 43.2 Å². The second-order valence-electron chi connectivity index (χ2n) is 25.1. The third-order valence-electron chi connectivity index (χ3n) is 15.3. The van der Waals surface area contributed by atoms with Crippen LogP contribution >= 0.6 is 15.6 Å². The molecule has 0 aromatic carbocycles. The van der Waals surface area contributed by atoms with Crippen LogP contribution in [0.25, 0.3) is 0 Å². The normalized spacial score (nSPS) is 15.0. The van der Waals surface area contributed by atoms with Crippen molar-refractivity contribution in [3.05, 3.63) is 207 Å². The van der Waals surface area contributed by atoms with Crippen molar-refractivity contribution in [3.8, 4) is 0 Å². The topological polar surface area (TPSA) is 237 Å². The third kappa shape index (κ3) is 75.9. The van der Waals surface area contributed by atoms with Gasteiger partial charge in [0.2, 0.25) is 0 Å². The summed E-state index contributed by atoms with van der Waals surface area (Å²) in [5, 5.41) is 10.6. The molecule has 17 nitrogen and oxygen atoms in total. The lowest BCUT2D eigenvalue weighted by Crippen LogP contribution is -2.30. The maximum Gasteiger partial charge on any atom is 0.472 e. The average molecular weight is 1520 g/mol. The molecule has 0 amide bonds. The van der Waals surface area contributed by atoms with Crippen LogP contribution in [0.3, 0.4) is 0 Å². The van der Waals surface area contributed by atoms with Gasteiger partial charge in [-0.05, 0) is 161 Å². The van der Waals surface area contributed by atoms with E-state index in [4.69, 9.17) is 37.0 Å². The number of carbonyl (C=O) groups is 4. The van der Waals surface area contributed by atoms with Crippen LogP contribution in [0, 0.1) is 0 Å². The first-order valence-corrected chi connectivity index (χ1v) is 42.3. The quantitative estimate of drug-likeness (QED) is 0.0169. The average Bonchev–Trinajstić information content (AvgIpc) is 0.919. The number of phosphoric ester groups is 2. The van der Waals surface area contributed by atoms with Crippen molar-refractivity contribution in [2.24, 2.45) is 0 Å². The predicted octanol–water partition coefficient (Wildman–Crippen LogP) is 23.1. The molecule has 0 heterocycles. The summed E-state index contributed by atoms with van der Waals surface area (Å²) in [5.41, 5.74) is 0. The minimum Gasteiger partial charge on any atom is -0.462 e. The van der Waals surface area contributed by atoms with Gasteiger partial charge in [-0.25, -0.2) is 9.13 Å². The number of hydrogen-bond donors (Lipinski definition) is 3. The van der Waals surface area contributed by atoms with E-state index in [0.717, 1.165) is 161 Å². The summed E-state index contributed by atoms with van der Waals surface area (Å²) in [4.78, 5) is 72.9. The van der Waals surface area contributed by atoms with Crippen molar-refractivity contribution in [3.63, 3.8) is 0 Å². The molecule has 0 aromatic heterocycles. The molecule has 19 heteroatoms. The first-order valence-electron chi connectivity index (χ1n) is 39.3. The van der Waals surface area contributed by atoms with E-state index in [1.54, 1.807) is 0 Å². The van der Waals surface area contributed by atoms with E-state index in [1.807, 2.05) is 36.5 Å². The SMILES string of the molecule is CC/C=C\C/C=C\C/C=C\C/C=C\C/C=C\C/C=C\CCC(=O)OCC(COP(=O)(O)OCC(O)COP(=O)(O)OCC(COC(=O)CC/C=C\C/C=C\C/C=C\C/C=C\C/C=C\C/C=C\CC)OC(=O)CCCCCCC/C=C\CCCC)OC(=O)CCCCCC/C=C\C/C=C\C/C=C\C/C=C\CC. The van der Waals surface area contributed by atoms with Crippen molar-refractivity contribution in [1.82, 2.24) is 0 Å². The summed E-state index contributed by atoms with van der Waals surface area (Å²) in [6.07, 6.45) is 95.6. The lowest BCUT2D eigenvalue weighted by molar-refractivity contribution is -0.161. The number of ether oxygens (including phenoxy) is 4. The van der Waals surface area contributed by atoms with Gasteiger partial charge < -0.3 is 33.8 Å². The Morgan fingerprint density at radius 1 is 0.274 bits per heavy atom. The number of aliphatic hydroxyl groups is 1. The molecule has 106 heavy (non-hydrogen) atoms. The molecule has 0 saturated heterocycles. The molecule has 3 N–H and O–H groups in total. The predicted molar refractivity (Wildman–Crippen MR) is 435 cm³/mol. The second kappa shape index (κ2) is 76.8. The highest BCUT2D eigenvalue weighted by atomic mass is 31.2. The van der Waals surface area contributed by atoms with E-state index < -0.39 is 97.5 Å². The third-order valence-corrected chi connectivity index (χ3v) is 17.2. The molecule has 0 rings (SSSR count). The van der Waals surface area contributed by atoms with Crippen LogP contribution < -0.4 is 0 Å². The van der Waals surface area contributed by atoms with Crippen molar-refractivity contribution >= 4 is 39.5 Å². The highest BCUT2D eigenvalue weighted by molar-refractivity contribution is 7.47. The summed E-state index contributed by atoms with van der Waals surface area (Å²) in [5.74, 6) is -2.43. The van der Waals surface area contributed by atoms with Crippen LogP contribution in [-0.2, 0) is 65.4 Å². The Hall–Kier alpha value is -6.36. The zero-order valence-electron chi connectivity index (χ0n) is 65.0. The highest BCUT2D eigenvalue weighted by Gasteiger charge is 2.30. The smallest absolute Gasteiger partial charge is 0.462 e. The van der Waals surface area contributed by atoms with Gasteiger partial charge in [-0.3, -0.25) is 37.3 Å².